The van der Waals surface area contributed by atoms with Crippen molar-refractivity contribution in [2.75, 3.05) is 13.1 Å². The van der Waals surface area contributed by atoms with Crippen LogP contribution in [0.4, 0.5) is 0 Å². The average Bonchev–Trinajstić information content (AvgIpc) is 1.85. The quantitative estimate of drug-likeness (QED) is 0.299. The van der Waals surface area contributed by atoms with Crippen LogP contribution in [0, 0.1) is 0 Å². The largest absolute Gasteiger partial charge is 3.00 e. The van der Waals surface area contributed by atoms with E-state index in [1.54, 1.807) is 0 Å². The predicted octanol–water partition coefficient (Wildman–Crippen LogP) is -6.10. The summed E-state index contributed by atoms with van der Waals surface area (Å²) in [7, 11) is 0. The summed E-state index contributed by atoms with van der Waals surface area (Å²) in [5.41, 5.74) is 9.81. The Kier molecular flexibility index (Phi) is 62.2. The molecule has 0 spiro atoms. The van der Waals surface area contributed by atoms with E-state index >= 15 is 0 Å². The predicted molar refractivity (Wildman–Crippen MR) is 37.5 cm³/mol. The topological polar surface area (TPSA) is 178 Å². The van der Waals surface area contributed by atoms with Crippen molar-refractivity contribution in [1.29, 1.82) is 0 Å². The first-order valence-corrected chi connectivity index (χ1v) is 4.32. The Hall–Kier alpha value is 1.80. The Bertz CT molecular complexity index is 108. The molecule has 0 aliphatic carbocycles. The molecule has 4 N–H and O–H groups in total. The Morgan fingerprint density at radius 1 is 0.857 bits per heavy atom. The smallest absolute Gasteiger partial charge is 0.784 e. The first-order valence-electron chi connectivity index (χ1n) is 2.32. The molecule has 0 saturated carbocycles. The van der Waals surface area contributed by atoms with Crippen LogP contribution >= 0.6 is 0 Å². The summed E-state index contributed by atoms with van der Waals surface area (Å²) < 4.78 is 50.7. The number of hydrogen-bond acceptors (Lipinski definition) is 8. The van der Waals surface area contributed by atoms with Crippen LogP contribution in [0.2, 0.25) is 0 Å². The first-order chi connectivity index (χ1) is 5.38. The molecule has 0 rings (SSSR count). The molecule has 0 amide bonds. The van der Waals surface area contributed by atoms with Gasteiger partial charge in [-0.25, -0.2) is 0 Å². The van der Waals surface area contributed by atoms with Gasteiger partial charge >= 0.3 is 51.9 Å². The molecule has 0 aromatic heterocycles. The fraction of sp³-hybridized carbons (Fsp3) is 1.00. The second kappa shape index (κ2) is 29.3. The van der Waals surface area contributed by atoms with E-state index in [0.29, 0.717) is 13.1 Å². The third kappa shape index (κ3) is 288. The van der Waals surface area contributed by atoms with E-state index in [1.807, 2.05) is 0 Å². The van der Waals surface area contributed by atoms with Gasteiger partial charge in [-0.1, -0.05) is 0 Å². The van der Waals surface area contributed by atoms with Gasteiger partial charge in [0.25, 0.3) is 0 Å². The fourth-order valence-electron chi connectivity index (χ4n) is 0. The third-order valence-electron chi connectivity index (χ3n) is 0.167. The molecule has 0 atom stereocenters. The van der Waals surface area contributed by atoms with Gasteiger partial charge in [0.1, 0.15) is 0 Å². The van der Waals surface area contributed by atoms with Gasteiger partial charge in [-0.3, -0.25) is 8.42 Å². The average molecular weight is 440 g/mol. The molecule has 0 heterocycles. The molecule has 8 nitrogen and oxygen atoms in total. The van der Waals surface area contributed by atoms with Gasteiger partial charge in [0.05, 0.1) is 0 Å². The molecule has 0 fully saturated rings. The van der Waals surface area contributed by atoms with Crippen LogP contribution < -0.4 is 41.0 Å². The van der Waals surface area contributed by atoms with E-state index in [1.165, 1.54) is 0 Å². The minimum absolute atomic E-state index is 0. The zero-order valence-electron chi connectivity index (χ0n) is 7.14. The van der Waals surface area contributed by atoms with Gasteiger partial charge in [-0.15, -0.1) is 22.7 Å². The molecule has 0 aromatic rings. The van der Waals surface area contributed by atoms with Crippen LogP contribution in [-0.4, -0.2) is 39.7 Å². The number of nitrogens with two attached hydrogens (primary N) is 2. The van der Waals surface area contributed by atoms with Crippen molar-refractivity contribution >= 4 is 22.7 Å². The Morgan fingerprint density at radius 2 is 0.929 bits per heavy atom. The minimum atomic E-state index is -3.11. The van der Waals surface area contributed by atoms with E-state index in [4.69, 9.17) is 38.1 Å². The molecule has 0 aliphatic heterocycles. The molecule has 0 unspecified atom stereocenters. The maximum Gasteiger partial charge on any atom is 3.00 e. The van der Waals surface area contributed by atoms with Crippen LogP contribution in [0.3, 0.4) is 0 Å². The molecule has 14 heavy (non-hydrogen) atoms. The summed E-state index contributed by atoms with van der Waals surface area (Å²) in [6, 6.07) is 0. The van der Waals surface area contributed by atoms with Crippen molar-refractivity contribution in [1.82, 2.24) is 0 Å². The summed E-state index contributed by atoms with van der Waals surface area (Å²) in [4.78, 5) is 0. The van der Waals surface area contributed by atoms with Gasteiger partial charge in [-0.05, 0) is 0 Å². The van der Waals surface area contributed by atoms with Crippen molar-refractivity contribution in [2.45, 2.75) is 0 Å². The van der Waals surface area contributed by atoms with Crippen LogP contribution in [0.5, 0.6) is 0 Å². The molecule has 0 bridgehead atoms. The minimum Gasteiger partial charge on any atom is -0.784 e. The number of hydrogen-bond donors (Lipinski definition) is 2. The summed E-state index contributed by atoms with van der Waals surface area (Å²) >= 11 is -6.22. The SMILES string of the molecule is NCCN.O=S([O-])[O-].O=S([O-])[O-].[Au+3].[Na+]. The monoisotopic (exact) mass is 440 g/mol. The van der Waals surface area contributed by atoms with E-state index in [0.717, 1.165) is 0 Å². The molecule has 12 heteroatoms. The van der Waals surface area contributed by atoms with Gasteiger partial charge < -0.3 is 29.7 Å². The van der Waals surface area contributed by atoms with Crippen LogP contribution in [0.1, 0.15) is 0 Å². The second-order valence-electron chi connectivity index (χ2n) is 0.986. The summed E-state index contributed by atoms with van der Waals surface area (Å²) in [6.45, 7) is 1.19. The van der Waals surface area contributed by atoms with Crippen molar-refractivity contribution in [3.8, 4) is 0 Å². The Labute approximate surface area is 125 Å². The van der Waals surface area contributed by atoms with Crippen molar-refractivity contribution in [3.63, 3.8) is 0 Å². The standard InChI is InChI=1S/C2H8N2.Au.Na.2H2O3S/c3-1-2-4;;;2*1-4(2)3/h1-4H2;;;2*(H2,1,2,3)/q;+3;+1;;/p-4. The van der Waals surface area contributed by atoms with E-state index in [2.05, 4.69) is 0 Å². The van der Waals surface area contributed by atoms with E-state index in [-0.39, 0.29) is 51.9 Å². The fourth-order valence-corrected chi connectivity index (χ4v) is 0. The first kappa shape index (κ1) is 29.7. The molecule has 0 saturated heterocycles. The normalized spacial score (nSPS) is 7.14. The van der Waals surface area contributed by atoms with E-state index < -0.39 is 22.7 Å². The van der Waals surface area contributed by atoms with Crippen molar-refractivity contribution < 1.29 is 78.6 Å². The zero-order chi connectivity index (χ0) is 10.6. The molecular weight excluding hydrogens is 432 g/mol. The second-order valence-corrected chi connectivity index (χ2v) is 1.80. The molecular formula is C2H8AuN2NaO6S2. The van der Waals surface area contributed by atoms with Gasteiger partial charge in [-0.2, -0.15) is 0 Å². The summed E-state index contributed by atoms with van der Waals surface area (Å²) in [5.74, 6) is 0. The maximum atomic E-state index is 8.44. The van der Waals surface area contributed by atoms with Crippen molar-refractivity contribution in [2.24, 2.45) is 11.5 Å². The van der Waals surface area contributed by atoms with Crippen LogP contribution in [0.25, 0.3) is 0 Å². The van der Waals surface area contributed by atoms with Crippen molar-refractivity contribution in [3.05, 3.63) is 0 Å². The van der Waals surface area contributed by atoms with Gasteiger partial charge in [0, 0.05) is 13.1 Å². The Balaban J connectivity index is -0.0000000270. The third-order valence-corrected chi connectivity index (χ3v) is 0.167. The summed E-state index contributed by atoms with van der Waals surface area (Å²) in [5, 5.41) is 0. The molecule has 0 radical (unpaired) electrons. The summed E-state index contributed by atoms with van der Waals surface area (Å²) in [6.07, 6.45) is 0. The van der Waals surface area contributed by atoms with Gasteiger partial charge in [0.2, 0.25) is 0 Å². The molecule has 86 valence electrons. The Morgan fingerprint density at radius 3 is 0.929 bits per heavy atom. The van der Waals surface area contributed by atoms with Crippen LogP contribution in [-0.2, 0) is 45.1 Å². The zero-order valence-corrected chi connectivity index (χ0v) is 12.9. The molecule has 0 aromatic carbocycles. The van der Waals surface area contributed by atoms with E-state index in [9.17, 15) is 0 Å². The molecule has 0 aliphatic rings. The maximum absolute atomic E-state index is 8.44. The van der Waals surface area contributed by atoms with Crippen LogP contribution in [0.15, 0.2) is 0 Å². The number of rotatable bonds is 1. The van der Waals surface area contributed by atoms with Gasteiger partial charge in [0.15, 0.2) is 0 Å².